The number of amides is 3. The van der Waals surface area contributed by atoms with Crippen LogP contribution < -0.4 is 16.2 Å². The minimum atomic E-state index is -0.988. The first-order valence-corrected chi connectivity index (χ1v) is 13.1. The maximum atomic E-state index is 13.6. The summed E-state index contributed by atoms with van der Waals surface area (Å²) in [5, 5.41) is 16.5. The highest BCUT2D eigenvalue weighted by Crippen LogP contribution is 2.49. The number of aromatic hydroxyl groups is 1. The lowest BCUT2D eigenvalue weighted by Gasteiger charge is -2.39. The third-order valence-corrected chi connectivity index (χ3v) is 8.69. The van der Waals surface area contributed by atoms with Crippen LogP contribution in [0.2, 0.25) is 0 Å². The number of nitrogens with zero attached hydrogens (tertiary/aromatic N) is 3. The quantitative estimate of drug-likeness (QED) is 0.545. The van der Waals surface area contributed by atoms with Gasteiger partial charge < -0.3 is 20.6 Å². The van der Waals surface area contributed by atoms with Gasteiger partial charge in [0.2, 0.25) is 17.6 Å². The molecule has 2 unspecified atom stereocenters. The molecule has 3 atom stereocenters. The van der Waals surface area contributed by atoms with Crippen molar-refractivity contribution >= 4 is 17.7 Å². The molecule has 4 heterocycles. The average molecular weight is 524 g/mol. The Kier molecular flexibility index (Phi) is 5.77. The predicted octanol–water partition coefficient (Wildman–Crippen LogP) is 1.54. The van der Waals surface area contributed by atoms with Gasteiger partial charge in [-0.3, -0.25) is 23.7 Å². The zero-order chi connectivity index (χ0) is 26.8. The second kappa shape index (κ2) is 8.92. The van der Waals surface area contributed by atoms with Crippen molar-refractivity contribution in [1.29, 1.82) is 0 Å². The van der Waals surface area contributed by atoms with Gasteiger partial charge in [0.15, 0.2) is 5.69 Å². The molecule has 0 spiro atoms. The van der Waals surface area contributed by atoms with Gasteiger partial charge in [-0.15, -0.1) is 0 Å². The minimum absolute atomic E-state index is 0.0491. The van der Waals surface area contributed by atoms with Crippen molar-refractivity contribution in [1.82, 2.24) is 25.1 Å². The van der Waals surface area contributed by atoms with Gasteiger partial charge in [0.25, 0.3) is 11.5 Å². The van der Waals surface area contributed by atoms with E-state index in [-0.39, 0.29) is 36.1 Å². The molecule has 0 radical (unpaired) electrons. The Morgan fingerprint density at radius 1 is 1.16 bits per heavy atom. The number of piperidine rings is 1. The molecule has 5 aliphatic rings. The highest BCUT2D eigenvalue weighted by atomic mass is 19.1. The van der Waals surface area contributed by atoms with Crippen LogP contribution in [0.1, 0.15) is 67.3 Å². The van der Waals surface area contributed by atoms with Crippen molar-refractivity contribution in [3.63, 3.8) is 0 Å². The minimum Gasteiger partial charge on any atom is -0.501 e. The number of hydrogen-bond donors (Lipinski definition) is 3. The van der Waals surface area contributed by atoms with Gasteiger partial charge >= 0.3 is 0 Å². The van der Waals surface area contributed by atoms with Crippen molar-refractivity contribution in [3.05, 3.63) is 57.5 Å². The van der Waals surface area contributed by atoms with Crippen LogP contribution in [-0.4, -0.2) is 49.4 Å². The van der Waals surface area contributed by atoms with Crippen LogP contribution in [0.25, 0.3) is 0 Å². The molecular formula is C27H30FN5O5. The first-order chi connectivity index (χ1) is 18.2. The van der Waals surface area contributed by atoms with Crippen LogP contribution in [-0.2, 0) is 28.2 Å². The lowest BCUT2D eigenvalue weighted by Crippen LogP contribution is -2.56. The third kappa shape index (κ3) is 4.04. The van der Waals surface area contributed by atoms with E-state index in [1.54, 1.807) is 4.90 Å². The van der Waals surface area contributed by atoms with E-state index >= 15 is 0 Å². The topological polar surface area (TPSA) is 134 Å². The predicted molar refractivity (Wildman–Crippen MR) is 132 cm³/mol. The van der Waals surface area contributed by atoms with E-state index in [9.17, 15) is 28.7 Å². The van der Waals surface area contributed by atoms with Gasteiger partial charge in [0.05, 0.1) is 5.54 Å². The van der Waals surface area contributed by atoms with Crippen LogP contribution >= 0.6 is 0 Å². The summed E-state index contributed by atoms with van der Waals surface area (Å²) in [6.45, 7) is 1.87. The molecule has 38 heavy (non-hydrogen) atoms. The normalized spacial score (nSPS) is 28.7. The van der Waals surface area contributed by atoms with Gasteiger partial charge in [-0.2, -0.15) is 0 Å². The Hall–Kier alpha value is -3.76. The van der Waals surface area contributed by atoms with E-state index in [4.69, 9.17) is 0 Å². The summed E-state index contributed by atoms with van der Waals surface area (Å²) < 4.78 is 14.6. The van der Waals surface area contributed by atoms with Crippen LogP contribution in [0.5, 0.6) is 5.75 Å². The number of carbonyl (C=O) groups excluding carboxylic acids is 3. The number of hydrogen-bond acceptors (Lipinski definition) is 6. The fraction of sp³-hybridized carbons (Fsp3) is 0.519. The lowest BCUT2D eigenvalue weighted by atomic mass is 9.77. The van der Waals surface area contributed by atoms with Crippen molar-refractivity contribution in [3.8, 4) is 5.75 Å². The molecule has 11 heteroatoms. The first kappa shape index (κ1) is 24.6. The van der Waals surface area contributed by atoms with Crippen LogP contribution in [0.4, 0.5) is 4.39 Å². The van der Waals surface area contributed by atoms with Crippen molar-refractivity contribution in [2.75, 3.05) is 0 Å². The van der Waals surface area contributed by atoms with E-state index in [0.717, 1.165) is 19.3 Å². The summed E-state index contributed by atoms with van der Waals surface area (Å²) in [5.41, 5.74) is -1.48. The molecule has 1 aromatic heterocycles. The number of nitrogens with one attached hydrogen (secondary N) is 2. The number of fused-ring (bicyclic) bond motifs is 3. The van der Waals surface area contributed by atoms with Crippen LogP contribution in [0.3, 0.4) is 0 Å². The molecule has 2 aromatic rings. The number of rotatable bonds is 5. The monoisotopic (exact) mass is 523 g/mol. The molecule has 1 aromatic carbocycles. The SMILES string of the molecule is CC(=O)N1C(C(=O)NC23CCC(CC2)Cn2c3nc(C(=O)NCc3ccc(F)cc3)c(O)c2=O)CC2C[C@H]21. The number of halogens is 1. The van der Waals surface area contributed by atoms with Crippen LogP contribution in [0, 0.1) is 17.7 Å². The molecule has 7 rings (SSSR count). The van der Waals surface area contributed by atoms with Gasteiger partial charge in [-0.25, -0.2) is 9.37 Å². The summed E-state index contributed by atoms with van der Waals surface area (Å²) >= 11 is 0. The van der Waals surface area contributed by atoms with Gasteiger partial charge in [0.1, 0.15) is 17.7 Å². The van der Waals surface area contributed by atoms with Crippen molar-refractivity contribution in [2.45, 2.75) is 76.2 Å². The Labute approximate surface area is 218 Å². The maximum absolute atomic E-state index is 13.6. The number of aromatic nitrogens is 2. The molecule has 10 nitrogen and oxygen atoms in total. The summed E-state index contributed by atoms with van der Waals surface area (Å²) in [6.07, 6.45) is 4.12. The Morgan fingerprint density at radius 3 is 2.55 bits per heavy atom. The standard InChI is InChI=1S/C27H30FN5O5/c1-14(34)33-19-10-17(19)11-20(33)23(36)31-27-8-6-16(7-9-27)13-32-25(38)22(35)21(30-26(27)32)24(37)29-12-15-2-4-18(28)5-3-15/h2-5,16-17,19-20,35H,6-13H2,1H3,(H,29,37)(H,31,36)/t16?,17?,19-,20?,27?/m1/s1. The highest BCUT2D eigenvalue weighted by molar-refractivity contribution is 5.94. The maximum Gasteiger partial charge on any atom is 0.296 e. The molecule has 2 bridgehead atoms. The van der Waals surface area contributed by atoms with Crippen molar-refractivity contribution < 1.29 is 23.9 Å². The van der Waals surface area contributed by atoms with E-state index in [0.29, 0.717) is 37.3 Å². The highest BCUT2D eigenvalue weighted by Gasteiger charge is 2.56. The molecule has 3 amide bonds. The first-order valence-electron chi connectivity index (χ1n) is 13.1. The van der Waals surface area contributed by atoms with Crippen molar-refractivity contribution in [2.24, 2.45) is 11.8 Å². The molecular weight excluding hydrogens is 493 g/mol. The lowest BCUT2D eigenvalue weighted by molar-refractivity contribution is -0.139. The van der Waals surface area contributed by atoms with Crippen LogP contribution in [0.15, 0.2) is 29.1 Å². The number of benzene rings is 1. The molecule has 2 saturated carbocycles. The number of carbonyl (C=O) groups is 3. The Bertz CT molecular complexity index is 1380. The Balaban J connectivity index is 1.32. The molecule has 3 N–H and O–H groups in total. The summed E-state index contributed by atoms with van der Waals surface area (Å²) in [6, 6.07) is 5.14. The fourth-order valence-electron chi connectivity index (χ4n) is 6.58. The summed E-state index contributed by atoms with van der Waals surface area (Å²) in [4.78, 5) is 58.4. The zero-order valence-electron chi connectivity index (χ0n) is 21.1. The van der Waals surface area contributed by atoms with Gasteiger partial charge in [-0.1, -0.05) is 12.1 Å². The second-order valence-electron chi connectivity index (χ2n) is 11.1. The average Bonchev–Trinajstić information content (AvgIpc) is 3.61. The molecule has 1 saturated heterocycles. The van der Waals surface area contributed by atoms with Gasteiger partial charge in [0, 0.05) is 26.1 Å². The van der Waals surface area contributed by atoms with Gasteiger partial charge in [-0.05, 0) is 68.1 Å². The smallest absolute Gasteiger partial charge is 0.296 e. The molecule has 2 aliphatic carbocycles. The number of likely N-dealkylation sites (tertiary alicyclic amines) is 1. The van der Waals surface area contributed by atoms with E-state index in [1.165, 1.54) is 35.8 Å². The largest absolute Gasteiger partial charge is 0.501 e. The molecule has 200 valence electrons. The summed E-state index contributed by atoms with van der Waals surface area (Å²) in [7, 11) is 0. The second-order valence-corrected chi connectivity index (χ2v) is 11.1. The van der Waals surface area contributed by atoms with E-state index in [1.807, 2.05) is 0 Å². The Morgan fingerprint density at radius 2 is 1.87 bits per heavy atom. The summed E-state index contributed by atoms with van der Waals surface area (Å²) in [5.74, 6) is -1.50. The van der Waals surface area contributed by atoms with E-state index in [2.05, 4.69) is 15.6 Å². The third-order valence-electron chi connectivity index (χ3n) is 8.69. The fourth-order valence-corrected chi connectivity index (χ4v) is 6.58. The van der Waals surface area contributed by atoms with E-state index < -0.39 is 40.3 Å². The molecule has 3 fully saturated rings. The zero-order valence-corrected chi connectivity index (χ0v) is 21.1. The molecule has 3 aliphatic heterocycles.